The van der Waals surface area contributed by atoms with Gasteiger partial charge in [-0.3, -0.25) is 0 Å². The van der Waals surface area contributed by atoms with E-state index in [0.717, 1.165) is 11.1 Å². The quantitative estimate of drug-likeness (QED) is 0.585. The van der Waals surface area contributed by atoms with Gasteiger partial charge < -0.3 is 4.74 Å². The summed E-state index contributed by atoms with van der Waals surface area (Å²) in [7, 11) is 0. The fraction of sp³-hybridized carbons (Fsp3) is 0.267. The first-order chi connectivity index (χ1) is 8.99. The third-order valence-corrected chi connectivity index (χ3v) is 4.10. The van der Waals surface area contributed by atoms with Gasteiger partial charge in [0.2, 0.25) is 0 Å². The highest BCUT2D eigenvalue weighted by molar-refractivity contribution is 7.12. The van der Waals surface area contributed by atoms with Crippen molar-refractivity contribution in [3.05, 3.63) is 50.7 Å². The van der Waals surface area contributed by atoms with Crippen LogP contribution in [-0.4, -0.2) is 5.97 Å². The van der Waals surface area contributed by atoms with E-state index >= 15 is 0 Å². The number of carbonyl (C=O) groups excluding carboxylic acids is 1. The molecule has 4 heteroatoms. The first-order valence-corrected chi connectivity index (χ1v) is 7.30. The lowest BCUT2D eigenvalue weighted by molar-refractivity contribution is 0.0738. The van der Waals surface area contributed by atoms with Crippen LogP contribution in [0.25, 0.3) is 0 Å². The summed E-state index contributed by atoms with van der Waals surface area (Å²) < 4.78 is 5.50. The molecule has 0 radical (unpaired) electrons. The van der Waals surface area contributed by atoms with Gasteiger partial charge in [-0.15, -0.1) is 11.3 Å². The number of benzene rings is 1. The molecule has 1 heterocycles. The molecule has 1 aromatic carbocycles. The summed E-state index contributed by atoms with van der Waals surface area (Å²) in [6, 6.07) is 7.28. The molecular formula is C15H15ClO2S. The molecule has 0 saturated heterocycles. The predicted molar refractivity (Wildman–Crippen MR) is 79.6 cm³/mol. The van der Waals surface area contributed by atoms with Crippen LogP contribution in [0.2, 0.25) is 5.02 Å². The molecule has 100 valence electrons. The summed E-state index contributed by atoms with van der Waals surface area (Å²) in [5, 5.41) is 2.55. The smallest absolute Gasteiger partial charge is 0.353 e. The Labute approximate surface area is 122 Å². The van der Waals surface area contributed by atoms with E-state index < -0.39 is 0 Å². The third-order valence-electron chi connectivity index (χ3n) is 2.84. The summed E-state index contributed by atoms with van der Waals surface area (Å²) >= 11 is 7.50. The molecule has 0 aliphatic rings. The second-order valence-electron chi connectivity index (χ2n) is 4.66. The van der Waals surface area contributed by atoms with Gasteiger partial charge in [-0.25, -0.2) is 4.79 Å². The zero-order valence-electron chi connectivity index (χ0n) is 11.1. The molecule has 0 fully saturated rings. The number of thiophene rings is 1. The highest BCUT2D eigenvalue weighted by atomic mass is 35.5. The zero-order chi connectivity index (χ0) is 14.0. The summed E-state index contributed by atoms with van der Waals surface area (Å²) in [6.07, 6.45) is 0. The van der Waals surface area contributed by atoms with Crippen molar-refractivity contribution in [1.82, 2.24) is 0 Å². The van der Waals surface area contributed by atoms with Crippen molar-refractivity contribution in [1.29, 1.82) is 0 Å². The van der Waals surface area contributed by atoms with Crippen molar-refractivity contribution in [3.63, 3.8) is 0 Å². The predicted octanol–water partition coefficient (Wildman–Crippen LogP) is 5.05. The van der Waals surface area contributed by atoms with Crippen LogP contribution in [0.4, 0.5) is 0 Å². The summed E-state index contributed by atoms with van der Waals surface area (Å²) in [5.41, 5.74) is 1.85. The Morgan fingerprint density at radius 2 is 2.11 bits per heavy atom. The van der Waals surface area contributed by atoms with E-state index in [-0.39, 0.29) is 11.9 Å². The Hall–Kier alpha value is -1.32. The fourth-order valence-corrected chi connectivity index (χ4v) is 2.53. The van der Waals surface area contributed by atoms with Gasteiger partial charge in [-0.1, -0.05) is 31.5 Å². The molecule has 0 aliphatic carbocycles. The minimum Gasteiger partial charge on any atom is -0.422 e. The van der Waals surface area contributed by atoms with Gasteiger partial charge in [0, 0.05) is 5.02 Å². The number of carbonyl (C=O) groups is 1. The lowest BCUT2D eigenvalue weighted by Gasteiger charge is -2.14. The lowest BCUT2D eigenvalue weighted by Crippen LogP contribution is -2.09. The average molecular weight is 295 g/mol. The molecule has 19 heavy (non-hydrogen) atoms. The van der Waals surface area contributed by atoms with Crippen LogP contribution in [-0.2, 0) is 0 Å². The summed E-state index contributed by atoms with van der Waals surface area (Å²) in [5.74, 6) is 0.512. The third kappa shape index (κ3) is 3.17. The van der Waals surface area contributed by atoms with E-state index in [9.17, 15) is 4.79 Å². The fourth-order valence-electron chi connectivity index (χ4n) is 1.75. The maximum absolute atomic E-state index is 12.0. The average Bonchev–Trinajstić information content (AvgIpc) is 2.86. The van der Waals surface area contributed by atoms with E-state index in [4.69, 9.17) is 16.3 Å². The Bertz CT molecular complexity index is 588. The Balaban J connectivity index is 2.34. The number of hydrogen-bond donors (Lipinski definition) is 0. The maximum atomic E-state index is 12.0. The lowest BCUT2D eigenvalue weighted by atomic mass is 10.0. The molecule has 0 spiro atoms. The van der Waals surface area contributed by atoms with Crippen molar-refractivity contribution in [2.24, 2.45) is 0 Å². The largest absolute Gasteiger partial charge is 0.422 e. The molecule has 2 aromatic rings. The molecule has 2 rings (SSSR count). The van der Waals surface area contributed by atoms with Crippen molar-refractivity contribution in [2.45, 2.75) is 26.7 Å². The topological polar surface area (TPSA) is 26.3 Å². The van der Waals surface area contributed by atoms with Gasteiger partial charge >= 0.3 is 5.97 Å². The van der Waals surface area contributed by atoms with Gasteiger partial charge in [0.15, 0.2) is 0 Å². The number of hydrogen-bond acceptors (Lipinski definition) is 3. The number of esters is 1. The van der Waals surface area contributed by atoms with E-state index in [2.05, 4.69) is 0 Å². The molecule has 0 bridgehead atoms. The van der Waals surface area contributed by atoms with Crippen LogP contribution < -0.4 is 4.74 Å². The van der Waals surface area contributed by atoms with Crippen molar-refractivity contribution >= 4 is 28.9 Å². The van der Waals surface area contributed by atoms with Crippen LogP contribution in [0.1, 0.15) is 40.6 Å². The van der Waals surface area contributed by atoms with Gasteiger partial charge in [-0.05, 0) is 47.5 Å². The molecule has 1 aromatic heterocycles. The van der Waals surface area contributed by atoms with Gasteiger partial charge in [0.25, 0.3) is 0 Å². The van der Waals surface area contributed by atoms with Crippen molar-refractivity contribution in [3.8, 4) is 5.75 Å². The van der Waals surface area contributed by atoms with E-state index in [1.165, 1.54) is 11.3 Å². The van der Waals surface area contributed by atoms with Gasteiger partial charge in [-0.2, -0.15) is 0 Å². The molecular weight excluding hydrogens is 280 g/mol. The minimum atomic E-state index is -0.321. The maximum Gasteiger partial charge on any atom is 0.353 e. The molecule has 0 N–H and O–H groups in total. The normalized spacial score (nSPS) is 10.8. The molecule has 2 nitrogen and oxygen atoms in total. The zero-order valence-corrected chi connectivity index (χ0v) is 12.6. The number of ether oxygens (including phenoxy) is 1. The highest BCUT2D eigenvalue weighted by Crippen LogP contribution is 2.32. The number of halogens is 1. The van der Waals surface area contributed by atoms with E-state index in [1.807, 2.05) is 44.4 Å². The van der Waals surface area contributed by atoms with Crippen LogP contribution in [0.5, 0.6) is 5.75 Å². The Morgan fingerprint density at radius 1 is 1.37 bits per heavy atom. The molecule has 0 unspecified atom stereocenters. The Morgan fingerprint density at radius 3 is 2.68 bits per heavy atom. The second kappa shape index (κ2) is 5.76. The van der Waals surface area contributed by atoms with Crippen molar-refractivity contribution < 1.29 is 9.53 Å². The van der Waals surface area contributed by atoms with Crippen LogP contribution >= 0.6 is 22.9 Å². The van der Waals surface area contributed by atoms with E-state index in [0.29, 0.717) is 15.6 Å². The van der Waals surface area contributed by atoms with Crippen molar-refractivity contribution in [2.75, 3.05) is 0 Å². The standard InChI is InChI=1S/C15H15ClO2S/c1-9(2)11-8-12(16)10(3)7-13(11)18-15(17)14-5-4-6-19-14/h4-9H,1-3H3. The first-order valence-electron chi connectivity index (χ1n) is 6.04. The van der Waals surface area contributed by atoms with Crippen LogP contribution in [0.3, 0.4) is 0 Å². The van der Waals surface area contributed by atoms with Crippen LogP contribution in [0, 0.1) is 6.92 Å². The summed E-state index contributed by atoms with van der Waals surface area (Å²) in [4.78, 5) is 12.6. The molecule has 0 saturated carbocycles. The molecule has 0 aliphatic heterocycles. The van der Waals surface area contributed by atoms with Crippen LogP contribution in [0.15, 0.2) is 29.6 Å². The summed E-state index contributed by atoms with van der Waals surface area (Å²) in [6.45, 7) is 5.99. The van der Waals surface area contributed by atoms with E-state index in [1.54, 1.807) is 6.07 Å². The number of aryl methyl sites for hydroxylation is 1. The van der Waals surface area contributed by atoms with Gasteiger partial charge in [0.05, 0.1) is 0 Å². The Kier molecular flexibility index (Phi) is 4.27. The molecule has 0 amide bonds. The highest BCUT2D eigenvalue weighted by Gasteiger charge is 2.16. The monoisotopic (exact) mass is 294 g/mol. The number of rotatable bonds is 3. The second-order valence-corrected chi connectivity index (χ2v) is 6.02. The molecule has 0 atom stereocenters. The first kappa shape index (κ1) is 14.1. The van der Waals surface area contributed by atoms with Gasteiger partial charge in [0.1, 0.15) is 10.6 Å². The minimum absolute atomic E-state index is 0.240. The SMILES string of the molecule is Cc1cc(OC(=O)c2cccs2)c(C(C)C)cc1Cl.